The van der Waals surface area contributed by atoms with Crippen LogP contribution in [0.25, 0.3) is 10.4 Å². The molecule has 0 bridgehead atoms. The second kappa shape index (κ2) is 10.6. The number of azide groups is 1. The van der Waals surface area contributed by atoms with E-state index in [4.69, 9.17) is 30.4 Å². The molecule has 1 aliphatic rings. The average Bonchev–Trinajstić information content (AvgIpc) is 3.04. The average molecular weight is 511 g/mol. The number of alkyl halides is 1. The molecule has 0 aliphatic carbocycles. The molecule has 1 aliphatic heterocycles. The third-order valence-electron chi connectivity index (χ3n) is 4.77. The Morgan fingerprint density at radius 2 is 2.17 bits per heavy atom. The Bertz CT molecular complexity index is 1240. The van der Waals surface area contributed by atoms with E-state index in [1.807, 2.05) is 0 Å². The molecule has 3 rings (SSSR count). The van der Waals surface area contributed by atoms with Crippen LogP contribution in [0.2, 0.25) is 0 Å². The molecule has 2 aromatic rings. The van der Waals surface area contributed by atoms with Crippen molar-refractivity contribution in [2.24, 2.45) is 9.86 Å². The minimum atomic E-state index is -2.81. The SMILES string of the molecule is C[C@H](N=[P+]([O-])Oc1ccccc1OC[C@@]1(N=[N+]=[N-])O[C@@H](n2ccc(N)nc2=O)[C@H](O)[C@@H]1F)C(=O)O. The lowest BCUT2D eigenvalue weighted by Crippen LogP contribution is -2.43. The lowest BCUT2D eigenvalue weighted by Gasteiger charge is -2.25. The van der Waals surface area contributed by atoms with Crippen molar-refractivity contribution in [3.8, 4) is 11.5 Å². The van der Waals surface area contributed by atoms with Crippen molar-refractivity contribution in [3.05, 3.63) is 57.5 Å². The summed E-state index contributed by atoms with van der Waals surface area (Å²) in [6.45, 7) is 0.399. The number of rotatable bonds is 9. The Balaban J connectivity index is 1.85. The van der Waals surface area contributed by atoms with Crippen LogP contribution in [0.4, 0.5) is 10.2 Å². The second-order valence-corrected chi connectivity index (χ2v) is 8.06. The van der Waals surface area contributed by atoms with E-state index in [9.17, 15) is 19.6 Å². The molecule has 0 amide bonds. The number of halogens is 1. The van der Waals surface area contributed by atoms with Gasteiger partial charge in [-0.3, -0.25) is 9.09 Å². The molecule has 1 unspecified atom stereocenters. The fourth-order valence-corrected chi connectivity index (χ4v) is 3.77. The van der Waals surface area contributed by atoms with E-state index in [2.05, 4.69) is 19.8 Å². The zero-order chi connectivity index (χ0) is 25.8. The summed E-state index contributed by atoms with van der Waals surface area (Å²) in [6.07, 6.45) is -4.80. The Morgan fingerprint density at radius 1 is 1.49 bits per heavy atom. The minimum Gasteiger partial charge on any atom is -0.575 e. The number of para-hydroxylation sites is 2. The monoisotopic (exact) mass is 511 g/mol. The third kappa shape index (κ3) is 5.65. The number of carboxylic acids is 1. The maximum Gasteiger partial charge on any atom is 0.395 e. The van der Waals surface area contributed by atoms with Gasteiger partial charge in [-0.2, -0.15) is 4.98 Å². The van der Waals surface area contributed by atoms with E-state index in [1.54, 1.807) is 0 Å². The maximum atomic E-state index is 15.2. The van der Waals surface area contributed by atoms with Crippen LogP contribution in [-0.2, 0) is 9.53 Å². The summed E-state index contributed by atoms with van der Waals surface area (Å²) in [4.78, 5) is 41.1. The van der Waals surface area contributed by atoms with E-state index in [0.717, 1.165) is 10.8 Å². The van der Waals surface area contributed by atoms with E-state index in [-0.39, 0.29) is 17.3 Å². The minimum absolute atomic E-state index is 0.110. The Kier molecular flexibility index (Phi) is 7.84. The lowest BCUT2D eigenvalue weighted by atomic mass is 10.1. The first kappa shape index (κ1) is 25.8. The van der Waals surface area contributed by atoms with Crippen molar-refractivity contribution < 1.29 is 38.3 Å². The van der Waals surface area contributed by atoms with Gasteiger partial charge < -0.3 is 30.3 Å². The van der Waals surface area contributed by atoms with Gasteiger partial charge in [-0.25, -0.2) is 14.0 Å². The number of anilines is 1. The number of aromatic nitrogens is 2. The van der Waals surface area contributed by atoms with Crippen molar-refractivity contribution in [2.75, 3.05) is 12.3 Å². The van der Waals surface area contributed by atoms with Crippen LogP contribution in [0.1, 0.15) is 13.2 Å². The van der Waals surface area contributed by atoms with Gasteiger partial charge in [0.25, 0.3) is 0 Å². The molecule has 6 atom stereocenters. The number of carbonyl (C=O) groups is 1. The number of carboxylic acid groups (broad SMARTS) is 1. The molecule has 1 aromatic heterocycles. The van der Waals surface area contributed by atoms with Gasteiger partial charge in [0.1, 0.15) is 18.5 Å². The van der Waals surface area contributed by atoms with Crippen LogP contribution in [0.5, 0.6) is 11.5 Å². The number of hydrogen-bond donors (Lipinski definition) is 3. The number of ether oxygens (including phenoxy) is 2. The molecule has 0 spiro atoms. The fourth-order valence-electron chi connectivity index (χ4n) is 3.02. The second-order valence-electron chi connectivity index (χ2n) is 7.17. The highest BCUT2D eigenvalue weighted by molar-refractivity contribution is 7.34. The molecule has 17 heteroatoms. The Hall–Kier alpha value is -3.81. The number of nitrogen functional groups attached to an aromatic ring is 1. The van der Waals surface area contributed by atoms with Gasteiger partial charge in [-0.15, -0.1) is 0 Å². The number of hydrogen-bond acceptors (Lipinski definition) is 11. The lowest BCUT2D eigenvalue weighted by molar-refractivity contribution is -0.169. The summed E-state index contributed by atoms with van der Waals surface area (Å²) < 4.78 is 35.5. The van der Waals surface area contributed by atoms with Crippen molar-refractivity contribution in [3.63, 3.8) is 0 Å². The molecule has 0 saturated carbocycles. The highest BCUT2D eigenvalue weighted by atomic mass is 31.1. The largest absolute Gasteiger partial charge is 0.575 e. The van der Waals surface area contributed by atoms with Crippen LogP contribution in [0, 0.1) is 0 Å². The summed E-state index contributed by atoms with van der Waals surface area (Å²) in [5, 5.41) is 22.6. The Morgan fingerprint density at radius 3 is 2.80 bits per heavy atom. The molecule has 2 heterocycles. The van der Waals surface area contributed by atoms with Gasteiger partial charge in [0.15, 0.2) is 24.2 Å². The standard InChI is InChI=1S/C18H19FN7O8P/c1-9(16(28)29)23-35(31)34-11-5-3-2-4-10(11)32-8-18(24-25-21)14(19)13(27)15(33-18)26-7-6-12(20)22-17(26)30/h2-7,9,13-15,27H,8H2,1H3,(H,28,29)(H2,20,22,30)/t9-,13+,14-,15+,18+/m0/s1. The highest BCUT2D eigenvalue weighted by Crippen LogP contribution is 2.41. The van der Waals surface area contributed by atoms with Crippen LogP contribution >= 0.6 is 8.17 Å². The van der Waals surface area contributed by atoms with Gasteiger partial charge in [-0.05, 0) is 30.7 Å². The fraction of sp³-hybridized carbons (Fsp3) is 0.389. The summed E-state index contributed by atoms with van der Waals surface area (Å²) in [5.74, 6) is -1.68. The first-order valence-corrected chi connectivity index (χ1v) is 10.9. The molecule has 1 saturated heterocycles. The molecular weight excluding hydrogens is 492 g/mol. The zero-order valence-electron chi connectivity index (χ0n) is 17.9. The number of benzene rings is 1. The molecule has 1 aromatic carbocycles. The molecule has 35 heavy (non-hydrogen) atoms. The highest BCUT2D eigenvalue weighted by Gasteiger charge is 2.57. The van der Waals surface area contributed by atoms with E-state index in [1.165, 1.54) is 37.3 Å². The van der Waals surface area contributed by atoms with Crippen molar-refractivity contribution in [2.45, 2.75) is 37.2 Å². The maximum absolute atomic E-state index is 15.2. The summed E-state index contributed by atoms with van der Waals surface area (Å²) >= 11 is 0. The zero-order valence-corrected chi connectivity index (χ0v) is 18.8. The van der Waals surface area contributed by atoms with E-state index in [0.29, 0.717) is 0 Å². The molecule has 15 nitrogen and oxygen atoms in total. The number of aliphatic carboxylic acids is 1. The van der Waals surface area contributed by atoms with Crippen LogP contribution < -0.4 is 25.6 Å². The molecule has 0 radical (unpaired) electrons. The Labute approximate surface area is 196 Å². The predicted molar refractivity (Wildman–Crippen MR) is 115 cm³/mol. The number of nitrogens with zero attached hydrogens (tertiary/aromatic N) is 6. The van der Waals surface area contributed by atoms with Crippen LogP contribution in [-0.4, -0.2) is 56.4 Å². The van der Waals surface area contributed by atoms with Gasteiger partial charge in [0.2, 0.25) is 11.5 Å². The van der Waals surface area contributed by atoms with Gasteiger partial charge in [0.05, 0.1) is 0 Å². The molecule has 1 fully saturated rings. The molecule has 186 valence electrons. The van der Waals surface area contributed by atoms with Crippen LogP contribution in [0.3, 0.4) is 0 Å². The molecular formula is C18H19FN7O8P. The topological polar surface area (TPSA) is 230 Å². The summed E-state index contributed by atoms with van der Waals surface area (Å²) in [6, 6.07) is 5.56. The number of aliphatic hydroxyl groups is 1. The molecule has 4 N–H and O–H groups in total. The van der Waals surface area contributed by atoms with Gasteiger partial charge in [0, 0.05) is 11.1 Å². The summed E-state index contributed by atoms with van der Waals surface area (Å²) in [5.41, 5.74) is 11.1. The quantitative estimate of drug-likeness (QED) is 0.186. The number of aliphatic hydroxyl groups excluding tert-OH is 1. The predicted octanol–water partition coefficient (Wildman–Crippen LogP) is 0.847. The van der Waals surface area contributed by atoms with Gasteiger partial charge in [-0.1, -0.05) is 22.0 Å². The van der Waals surface area contributed by atoms with Crippen molar-refractivity contribution in [1.82, 2.24) is 9.55 Å². The van der Waals surface area contributed by atoms with Crippen LogP contribution in [0.15, 0.2) is 51.2 Å². The number of nitrogens with two attached hydrogens (primary N) is 1. The normalized spacial score (nSPS) is 24.9. The smallest absolute Gasteiger partial charge is 0.395 e. The first-order chi connectivity index (χ1) is 16.6. The summed E-state index contributed by atoms with van der Waals surface area (Å²) in [7, 11) is -2.81. The first-order valence-electron chi connectivity index (χ1n) is 9.79. The van der Waals surface area contributed by atoms with Crippen molar-refractivity contribution in [1.29, 1.82) is 0 Å². The third-order valence-corrected chi connectivity index (χ3v) is 5.66. The van der Waals surface area contributed by atoms with Gasteiger partial charge >= 0.3 is 19.8 Å². The van der Waals surface area contributed by atoms with Crippen molar-refractivity contribution >= 4 is 20.0 Å². The van der Waals surface area contributed by atoms with E-state index >= 15 is 4.39 Å². The van der Waals surface area contributed by atoms with E-state index < -0.39 is 56.7 Å².